The normalized spacial score (nSPS) is 11.0. The molecule has 8 nitrogen and oxygen atoms in total. The van der Waals surface area contributed by atoms with Gasteiger partial charge in [0, 0.05) is 16.9 Å². The molecule has 0 aliphatic carbocycles. The van der Waals surface area contributed by atoms with Crippen LogP contribution in [0.3, 0.4) is 0 Å². The predicted octanol–water partition coefficient (Wildman–Crippen LogP) is 5.03. The number of nitrogens with one attached hydrogen (secondary N) is 3. The van der Waals surface area contributed by atoms with Crippen molar-refractivity contribution in [3.8, 4) is 0 Å². The number of hydrogen-bond acceptors (Lipinski definition) is 5. The summed E-state index contributed by atoms with van der Waals surface area (Å²) in [5.74, 6) is -1.33. The molecule has 3 N–H and O–H groups in total. The molecule has 0 spiro atoms. The predicted molar refractivity (Wildman–Crippen MR) is 129 cm³/mol. The molecule has 35 heavy (non-hydrogen) atoms. The van der Waals surface area contributed by atoms with Crippen molar-refractivity contribution in [2.24, 2.45) is 0 Å². The molecule has 2 amide bonds. The summed E-state index contributed by atoms with van der Waals surface area (Å²) in [6.07, 6.45) is 1.36. The average Bonchev–Trinajstić information content (AvgIpc) is 3.28. The van der Waals surface area contributed by atoms with Gasteiger partial charge in [0.15, 0.2) is 0 Å². The third kappa shape index (κ3) is 5.56. The van der Waals surface area contributed by atoms with Crippen molar-refractivity contribution in [2.75, 3.05) is 15.4 Å². The topological polar surface area (TPSA) is 118 Å². The van der Waals surface area contributed by atoms with E-state index < -0.39 is 27.7 Å². The van der Waals surface area contributed by atoms with Gasteiger partial charge in [-0.1, -0.05) is 18.2 Å². The van der Waals surface area contributed by atoms with E-state index in [9.17, 15) is 22.4 Å². The highest BCUT2D eigenvalue weighted by atomic mass is 32.2. The number of furan rings is 1. The number of sulfonamides is 1. The van der Waals surface area contributed by atoms with Crippen molar-refractivity contribution < 1.29 is 26.8 Å². The van der Waals surface area contributed by atoms with Crippen LogP contribution in [0.1, 0.15) is 26.5 Å². The van der Waals surface area contributed by atoms with Gasteiger partial charge < -0.3 is 15.1 Å². The molecular weight excluding hydrogens is 473 g/mol. The maximum Gasteiger partial charge on any atom is 0.261 e. The van der Waals surface area contributed by atoms with Crippen molar-refractivity contribution in [2.45, 2.75) is 11.8 Å². The van der Waals surface area contributed by atoms with Crippen LogP contribution in [-0.4, -0.2) is 20.2 Å². The van der Waals surface area contributed by atoms with E-state index >= 15 is 0 Å². The zero-order valence-electron chi connectivity index (χ0n) is 18.4. The molecule has 4 rings (SSSR count). The molecule has 0 bridgehead atoms. The third-order valence-electron chi connectivity index (χ3n) is 5.03. The van der Waals surface area contributed by atoms with Crippen LogP contribution < -0.4 is 15.4 Å². The molecule has 1 heterocycles. The lowest BCUT2D eigenvalue weighted by Crippen LogP contribution is -2.15. The summed E-state index contributed by atoms with van der Waals surface area (Å²) < 4.78 is 46.6. The summed E-state index contributed by atoms with van der Waals surface area (Å²) in [6, 6.07) is 18.9. The van der Waals surface area contributed by atoms with Crippen molar-refractivity contribution in [3.63, 3.8) is 0 Å². The molecule has 0 fully saturated rings. The number of amides is 2. The van der Waals surface area contributed by atoms with Crippen LogP contribution in [0.25, 0.3) is 0 Å². The molecule has 0 saturated carbocycles. The minimum Gasteiger partial charge on any atom is -0.469 e. The highest BCUT2D eigenvalue weighted by Gasteiger charge is 2.16. The molecule has 1 aromatic heterocycles. The number of aryl methyl sites for hydroxylation is 1. The fraction of sp³-hybridized carbons (Fsp3) is 0.0400. The first-order valence-corrected chi connectivity index (χ1v) is 11.9. The summed E-state index contributed by atoms with van der Waals surface area (Å²) in [5, 5.41) is 5.08. The quantitative estimate of drug-likeness (QED) is 0.334. The second-order valence-corrected chi connectivity index (χ2v) is 9.17. The molecule has 0 aliphatic heterocycles. The lowest BCUT2D eigenvalue weighted by Gasteiger charge is -2.11. The minimum atomic E-state index is -3.76. The van der Waals surface area contributed by atoms with Crippen molar-refractivity contribution >= 4 is 38.9 Å². The van der Waals surface area contributed by atoms with Crippen LogP contribution in [0.15, 0.2) is 94.4 Å². The Morgan fingerprint density at radius 1 is 0.829 bits per heavy atom. The number of halogens is 1. The summed E-state index contributed by atoms with van der Waals surface area (Å²) in [5.41, 5.74) is 0.939. The van der Waals surface area contributed by atoms with E-state index in [0.29, 0.717) is 5.76 Å². The molecule has 0 saturated heterocycles. The Hall–Kier alpha value is -4.44. The Morgan fingerprint density at radius 2 is 1.51 bits per heavy atom. The van der Waals surface area contributed by atoms with E-state index in [1.807, 2.05) is 0 Å². The van der Waals surface area contributed by atoms with Crippen LogP contribution >= 0.6 is 0 Å². The standard InChI is InChI=1S/C25H20FN3O5S/c1-16-21(13-14-34-16)25(31)28-23-15-19(11-12-22(23)26)27-24(30)17-7-9-18(10-8-17)29-35(32,33)20-5-3-2-4-6-20/h2-15,29H,1H3,(H,27,30)(H,28,31). The molecule has 0 unspecified atom stereocenters. The van der Waals surface area contributed by atoms with Gasteiger partial charge in [-0.15, -0.1) is 0 Å². The lowest BCUT2D eigenvalue weighted by atomic mass is 10.2. The Balaban J connectivity index is 1.44. The van der Waals surface area contributed by atoms with Gasteiger partial charge in [0.2, 0.25) is 0 Å². The maximum absolute atomic E-state index is 14.2. The number of hydrogen-bond donors (Lipinski definition) is 3. The Morgan fingerprint density at radius 3 is 2.17 bits per heavy atom. The Kier molecular flexibility index (Phi) is 6.65. The van der Waals surface area contributed by atoms with E-state index in [4.69, 9.17) is 4.42 Å². The lowest BCUT2D eigenvalue weighted by molar-refractivity contribution is 0.101. The van der Waals surface area contributed by atoms with Crippen LogP contribution in [0, 0.1) is 12.7 Å². The van der Waals surface area contributed by atoms with Crippen LogP contribution in [0.2, 0.25) is 0 Å². The first-order chi connectivity index (χ1) is 16.7. The number of benzene rings is 3. The highest BCUT2D eigenvalue weighted by Crippen LogP contribution is 2.22. The molecule has 0 radical (unpaired) electrons. The molecule has 178 valence electrons. The highest BCUT2D eigenvalue weighted by molar-refractivity contribution is 7.92. The average molecular weight is 494 g/mol. The van der Waals surface area contributed by atoms with Gasteiger partial charge in [0.1, 0.15) is 11.6 Å². The Labute approximate surface area is 200 Å². The van der Waals surface area contributed by atoms with Gasteiger partial charge in [0.05, 0.1) is 22.4 Å². The maximum atomic E-state index is 14.2. The van der Waals surface area contributed by atoms with Crippen LogP contribution in [-0.2, 0) is 10.0 Å². The van der Waals surface area contributed by atoms with Gasteiger partial charge >= 0.3 is 0 Å². The van der Waals surface area contributed by atoms with Gasteiger partial charge in [0.25, 0.3) is 21.8 Å². The number of carbonyl (C=O) groups is 2. The van der Waals surface area contributed by atoms with Crippen LogP contribution in [0.4, 0.5) is 21.5 Å². The summed E-state index contributed by atoms with van der Waals surface area (Å²) in [6.45, 7) is 1.61. The van der Waals surface area contributed by atoms with Gasteiger partial charge in [-0.3, -0.25) is 14.3 Å². The second kappa shape index (κ2) is 9.82. The smallest absolute Gasteiger partial charge is 0.261 e. The minimum absolute atomic E-state index is 0.112. The molecule has 0 atom stereocenters. The van der Waals surface area contributed by atoms with E-state index in [0.717, 1.165) is 6.07 Å². The van der Waals surface area contributed by atoms with E-state index in [1.54, 1.807) is 25.1 Å². The van der Waals surface area contributed by atoms with Crippen molar-refractivity contribution in [1.82, 2.24) is 0 Å². The number of anilines is 3. The van der Waals surface area contributed by atoms with Gasteiger partial charge in [-0.05, 0) is 67.6 Å². The molecule has 3 aromatic carbocycles. The molecule has 10 heteroatoms. The summed E-state index contributed by atoms with van der Waals surface area (Å²) in [4.78, 5) is 25.1. The van der Waals surface area contributed by atoms with E-state index in [-0.39, 0.29) is 33.1 Å². The van der Waals surface area contributed by atoms with E-state index in [1.165, 1.54) is 60.9 Å². The van der Waals surface area contributed by atoms with Gasteiger partial charge in [-0.2, -0.15) is 0 Å². The molecule has 0 aliphatic rings. The Bertz CT molecular complexity index is 1480. The monoisotopic (exact) mass is 493 g/mol. The molecule has 4 aromatic rings. The van der Waals surface area contributed by atoms with Crippen molar-refractivity contribution in [3.05, 3.63) is 108 Å². The summed E-state index contributed by atoms with van der Waals surface area (Å²) >= 11 is 0. The van der Waals surface area contributed by atoms with Crippen molar-refractivity contribution in [1.29, 1.82) is 0 Å². The zero-order valence-corrected chi connectivity index (χ0v) is 19.2. The largest absolute Gasteiger partial charge is 0.469 e. The number of rotatable bonds is 7. The van der Waals surface area contributed by atoms with Crippen LogP contribution in [0.5, 0.6) is 0 Å². The molecular formula is C25H20FN3O5S. The fourth-order valence-electron chi connectivity index (χ4n) is 3.22. The zero-order chi connectivity index (χ0) is 25.0. The first kappa shape index (κ1) is 23.7. The number of carbonyl (C=O) groups excluding carboxylic acids is 2. The fourth-order valence-corrected chi connectivity index (χ4v) is 4.30. The second-order valence-electron chi connectivity index (χ2n) is 7.49. The van der Waals surface area contributed by atoms with E-state index in [2.05, 4.69) is 15.4 Å². The SMILES string of the molecule is Cc1occc1C(=O)Nc1cc(NC(=O)c2ccc(NS(=O)(=O)c3ccccc3)cc2)ccc1F. The summed E-state index contributed by atoms with van der Waals surface area (Å²) in [7, 11) is -3.76. The first-order valence-electron chi connectivity index (χ1n) is 10.4. The third-order valence-corrected chi connectivity index (χ3v) is 6.43. The van der Waals surface area contributed by atoms with Gasteiger partial charge in [-0.25, -0.2) is 12.8 Å².